The zero-order chi connectivity index (χ0) is 32.1. The van der Waals surface area contributed by atoms with Crippen molar-refractivity contribution in [1.82, 2.24) is 4.57 Å². The lowest BCUT2D eigenvalue weighted by Gasteiger charge is -2.21. The second kappa shape index (κ2) is 11.5. The minimum absolute atomic E-state index is 0.270. The lowest BCUT2D eigenvalue weighted by atomic mass is 9.87. The zero-order valence-electron chi connectivity index (χ0n) is 27.3. The van der Waals surface area contributed by atoms with Crippen molar-refractivity contribution in [3.8, 4) is 39.3 Å². The van der Waals surface area contributed by atoms with Crippen LogP contribution in [0.3, 0.4) is 0 Å². The van der Waals surface area contributed by atoms with Crippen molar-refractivity contribution in [3.05, 3.63) is 137 Å². The van der Waals surface area contributed by atoms with Crippen LogP contribution < -0.4 is 4.57 Å². The quantitative estimate of drug-likeness (QED) is 0.138. The van der Waals surface area contributed by atoms with Gasteiger partial charge in [0, 0.05) is 16.5 Å². The summed E-state index contributed by atoms with van der Waals surface area (Å²) in [6.07, 6.45) is 1.76. The first-order chi connectivity index (χ1) is 22.3. The molecule has 226 valence electrons. The molecule has 0 saturated carbocycles. The molecule has 5 aromatic carbocycles. The summed E-state index contributed by atoms with van der Waals surface area (Å²) in [4.78, 5) is 3.77. The Morgan fingerprint density at radius 1 is 0.717 bits per heavy atom. The van der Waals surface area contributed by atoms with Crippen molar-refractivity contribution in [1.29, 1.82) is 0 Å². The van der Waals surface area contributed by atoms with Crippen molar-refractivity contribution < 1.29 is 8.98 Å². The van der Waals surface area contributed by atoms with Crippen molar-refractivity contribution in [2.45, 2.75) is 46.5 Å². The summed E-state index contributed by atoms with van der Waals surface area (Å²) in [5.74, 6) is 1.62. The van der Waals surface area contributed by atoms with Gasteiger partial charge in [0.1, 0.15) is 11.3 Å². The fraction of sp³-hybridized carbons (Fsp3) is 0.190. The van der Waals surface area contributed by atoms with Gasteiger partial charge in [-0.05, 0) is 89.0 Å². The van der Waals surface area contributed by atoms with Crippen molar-refractivity contribution in [2.75, 3.05) is 0 Å². The molecule has 2 aromatic heterocycles. The third kappa shape index (κ3) is 4.80. The van der Waals surface area contributed by atoms with Gasteiger partial charge in [-0.3, -0.25) is 0 Å². The van der Waals surface area contributed by atoms with Gasteiger partial charge in [0.15, 0.2) is 16.7 Å². The molecule has 0 spiro atoms. The van der Waals surface area contributed by atoms with Gasteiger partial charge in [0.25, 0.3) is 5.82 Å². The number of fused-ring (bicyclic) bond motifs is 2. The smallest absolute Gasteiger partial charge is 0.295 e. The van der Waals surface area contributed by atoms with E-state index in [1.165, 1.54) is 44.6 Å². The number of benzene rings is 5. The number of hydrogen-bond acceptors (Lipinski definition) is 1. The topological polar surface area (TPSA) is 26.3 Å². The van der Waals surface area contributed by atoms with E-state index >= 15 is 0 Å². The van der Waals surface area contributed by atoms with Gasteiger partial charge in [-0.15, -0.1) is 0 Å². The van der Waals surface area contributed by atoms with Gasteiger partial charge in [-0.25, -0.2) is 9.41 Å². The van der Waals surface area contributed by atoms with E-state index in [4.69, 9.17) is 11.0 Å². The third-order valence-electron chi connectivity index (χ3n) is 9.33. The van der Waals surface area contributed by atoms with Crippen LogP contribution in [0.1, 0.15) is 56.2 Å². The second-order valence-corrected chi connectivity index (χ2v) is 12.8. The number of furan rings is 1. The van der Waals surface area contributed by atoms with E-state index in [0.29, 0.717) is 5.69 Å². The van der Waals surface area contributed by atoms with E-state index < -0.39 is 0 Å². The summed E-state index contributed by atoms with van der Waals surface area (Å²) in [7, 11) is 2.12. The van der Waals surface area contributed by atoms with Crippen LogP contribution in [-0.2, 0) is 7.05 Å². The molecular weight excluding hydrogens is 562 g/mol. The summed E-state index contributed by atoms with van der Waals surface area (Å²) in [5, 5.41) is 1.11. The van der Waals surface area contributed by atoms with Crippen molar-refractivity contribution >= 4 is 27.7 Å². The first-order valence-electron chi connectivity index (χ1n) is 16.0. The average molecular weight is 601 g/mol. The standard InChI is InChI=1S/C42H38N3O/c1-26(2)36-23-32(31-15-13-30(14-16-31)29-11-9-8-10-12-29)24-37(27(3)4)41(36)45-38-19-17-33(43-6)25-39(38)44(7)42(45)35-18-20-40-34(28(35)5)21-22-46-40/h8-27H,1-5,7H3/q+1. The fourth-order valence-corrected chi connectivity index (χ4v) is 6.85. The molecule has 0 unspecified atom stereocenters. The number of imidazole rings is 1. The molecule has 0 aliphatic rings. The van der Waals surface area contributed by atoms with Crippen LogP contribution >= 0.6 is 0 Å². The maximum absolute atomic E-state index is 7.73. The predicted octanol–water partition coefficient (Wildman–Crippen LogP) is 11.3. The van der Waals surface area contributed by atoms with Crippen LogP contribution in [0.4, 0.5) is 5.69 Å². The lowest BCUT2D eigenvalue weighted by Crippen LogP contribution is -2.36. The summed E-state index contributed by atoms with van der Waals surface area (Å²) in [5.41, 5.74) is 14.6. The molecule has 4 heteroatoms. The Labute approximate surface area is 271 Å². The summed E-state index contributed by atoms with van der Waals surface area (Å²) in [6, 6.07) is 36.6. The summed E-state index contributed by atoms with van der Waals surface area (Å²) < 4.78 is 10.5. The highest BCUT2D eigenvalue weighted by Gasteiger charge is 2.32. The Kier molecular flexibility index (Phi) is 7.34. The van der Waals surface area contributed by atoms with E-state index in [9.17, 15) is 0 Å². The first kappa shape index (κ1) is 29.3. The van der Waals surface area contributed by atoms with Gasteiger partial charge in [0.2, 0.25) is 0 Å². The Morgan fingerprint density at radius 2 is 1.35 bits per heavy atom. The van der Waals surface area contributed by atoms with Crippen LogP contribution in [0.25, 0.3) is 66.2 Å². The summed E-state index contributed by atoms with van der Waals surface area (Å²) >= 11 is 0. The molecule has 0 amide bonds. The predicted molar refractivity (Wildman–Crippen MR) is 190 cm³/mol. The van der Waals surface area contributed by atoms with E-state index in [2.05, 4.69) is 147 Å². The Morgan fingerprint density at radius 3 is 1.98 bits per heavy atom. The highest BCUT2D eigenvalue weighted by molar-refractivity contribution is 5.89. The highest BCUT2D eigenvalue weighted by atomic mass is 16.3. The molecule has 2 heterocycles. The molecule has 0 aliphatic heterocycles. The minimum atomic E-state index is 0.270. The SMILES string of the molecule is [C-]#[N+]c1ccc2c(c1)n(C)c(-c1ccc3occc3c1C)[n+]2-c1c(C(C)C)cc(-c2ccc(-c3ccccc3)cc2)cc1C(C)C. The monoisotopic (exact) mass is 600 g/mol. The zero-order valence-corrected chi connectivity index (χ0v) is 27.3. The van der Waals surface area contributed by atoms with E-state index in [0.717, 1.165) is 33.4 Å². The molecule has 0 bridgehead atoms. The Balaban J connectivity index is 1.52. The lowest BCUT2D eigenvalue weighted by molar-refractivity contribution is -0.557. The second-order valence-electron chi connectivity index (χ2n) is 12.8. The molecule has 7 aromatic rings. The Hall–Kier alpha value is -5.40. The van der Waals surface area contributed by atoms with Crippen LogP contribution in [0.5, 0.6) is 0 Å². The van der Waals surface area contributed by atoms with E-state index in [-0.39, 0.29) is 11.8 Å². The first-order valence-corrected chi connectivity index (χ1v) is 16.0. The van der Waals surface area contributed by atoms with Gasteiger partial charge < -0.3 is 4.42 Å². The maximum Gasteiger partial charge on any atom is 0.295 e. The molecule has 0 radical (unpaired) electrons. The maximum atomic E-state index is 7.73. The van der Waals surface area contributed by atoms with Crippen molar-refractivity contribution in [2.24, 2.45) is 7.05 Å². The number of aromatic nitrogens is 2. The molecule has 0 N–H and O–H groups in total. The fourth-order valence-electron chi connectivity index (χ4n) is 6.85. The number of nitrogens with zero attached hydrogens (tertiary/aromatic N) is 3. The minimum Gasteiger partial charge on any atom is -0.464 e. The largest absolute Gasteiger partial charge is 0.464 e. The van der Waals surface area contributed by atoms with E-state index in [1.807, 2.05) is 12.1 Å². The van der Waals surface area contributed by atoms with E-state index in [1.54, 1.807) is 6.26 Å². The average Bonchev–Trinajstić information content (AvgIpc) is 3.67. The number of hydrogen-bond donors (Lipinski definition) is 0. The molecule has 4 nitrogen and oxygen atoms in total. The third-order valence-corrected chi connectivity index (χ3v) is 9.33. The van der Waals surface area contributed by atoms with Gasteiger partial charge in [-0.1, -0.05) is 88.4 Å². The normalized spacial score (nSPS) is 11.6. The number of rotatable bonds is 6. The molecule has 0 atom stereocenters. The van der Waals surface area contributed by atoms with Crippen LogP contribution in [0, 0.1) is 13.5 Å². The summed E-state index contributed by atoms with van der Waals surface area (Å²) in [6.45, 7) is 19.1. The Bertz CT molecular complexity index is 2250. The van der Waals surface area contributed by atoms with Gasteiger partial charge >= 0.3 is 0 Å². The van der Waals surface area contributed by atoms with Crippen LogP contribution in [0.2, 0.25) is 0 Å². The van der Waals surface area contributed by atoms with Gasteiger partial charge in [-0.2, -0.15) is 4.57 Å². The molecular formula is C42H38N3O+. The number of aryl methyl sites for hydroxylation is 2. The van der Waals surface area contributed by atoms with Gasteiger partial charge in [0.05, 0.1) is 25.4 Å². The molecule has 0 aliphatic carbocycles. The molecule has 0 fully saturated rings. The molecule has 7 rings (SSSR count). The van der Waals surface area contributed by atoms with Crippen LogP contribution in [-0.4, -0.2) is 4.57 Å². The molecule has 46 heavy (non-hydrogen) atoms. The van der Waals surface area contributed by atoms with Crippen LogP contribution in [0.15, 0.2) is 114 Å². The van der Waals surface area contributed by atoms with Crippen molar-refractivity contribution in [3.63, 3.8) is 0 Å². The molecule has 0 saturated heterocycles. The highest BCUT2D eigenvalue weighted by Crippen LogP contribution is 2.39.